The third-order valence-corrected chi connectivity index (χ3v) is 5.41. The van der Waals surface area contributed by atoms with Crippen molar-refractivity contribution >= 4 is 5.97 Å². The van der Waals surface area contributed by atoms with Crippen molar-refractivity contribution in [3.05, 3.63) is 0 Å². The average Bonchev–Trinajstić information content (AvgIpc) is 3.09. The van der Waals surface area contributed by atoms with E-state index in [9.17, 15) is 15.0 Å². The fourth-order valence-electron chi connectivity index (χ4n) is 3.56. The number of rotatable bonds is 6. The van der Waals surface area contributed by atoms with Gasteiger partial charge in [0.15, 0.2) is 0 Å². The van der Waals surface area contributed by atoms with Crippen molar-refractivity contribution in [2.45, 2.75) is 82.9 Å². The van der Waals surface area contributed by atoms with E-state index in [1.54, 1.807) is 0 Å². The molecule has 2 aliphatic rings. The second kappa shape index (κ2) is 7.05. The van der Waals surface area contributed by atoms with Gasteiger partial charge in [-0.15, -0.1) is 0 Å². The molecule has 0 bridgehead atoms. The summed E-state index contributed by atoms with van der Waals surface area (Å²) in [5, 5.41) is 19.6. The van der Waals surface area contributed by atoms with Gasteiger partial charge in [-0.25, -0.2) is 0 Å². The summed E-state index contributed by atoms with van der Waals surface area (Å²) in [5.74, 6) is -0.298. The summed E-state index contributed by atoms with van der Waals surface area (Å²) >= 11 is 0. The number of esters is 1. The van der Waals surface area contributed by atoms with E-state index < -0.39 is 23.3 Å². The van der Waals surface area contributed by atoms with Crippen LogP contribution in [0.25, 0.3) is 0 Å². The smallest absolute Gasteiger partial charge is 0.302 e. The van der Waals surface area contributed by atoms with Gasteiger partial charge < -0.3 is 24.4 Å². The molecular weight excluding hydrogens is 300 g/mol. The molecule has 134 valence electrons. The molecule has 0 radical (unpaired) electrons. The van der Waals surface area contributed by atoms with Crippen LogP contribution < -0.4 is 0 Å². The largest absolute Gasteiger partial charge is 0.463 e. The number of carbonyl (C=O) groups excluding carboxylic acids is 1. The van der Waals surface area contributed by atoms with Crippen LogP contribution >= 0.6 is 0 Å². The van der Waals surface area contributed by atoms with Gasteiger partial charge in [-0.05, 0) is 39.5 Å². The van der Waals surface area contributed by atoms with Crippen molar-refractivity contribution < 1.29 is 29.2 Å². The Labute approximate surface area is 138 Å². The Kier molecular flexibility index (Phi) is 5.72. The molecule has 6 nitrogen and oxygen atoms in total. The number of aliphatic hydroxyl groups excluding tert-OH is 2. The first-order valence-corrected chi connectivity index (χ1v) is 8.48. The molecular formula is C17H30O6. The lowest BCUT2D eigenvalue weighted by Gasteiger charge is -2.36. The third-order valence-electron chi connectivity index (χ3n) is 5.41. The first kappa shape index (κ1) is 18.6. The molecule has 2 aliphatic heterocycles. The number of hydrogen-bond donors (Lipinski definition) is 2. The van der Waals surface area contributed by atoms with Crippen molar-refractivity contribution in [1.82, 2.24) is 0 Å². The highest BCUT2D eigenvalue weighted by atomic mass is 16.6. The predicted molar refractivity (Wildman–Crippen MR) is 83.9 cm³/mol. The number of ether oxygens (including phenoxy) is 3. The van der Waals surface area contributed by atoms with Crippen LogP contribution in [-0.2, 0) is 19.0 Å². The fraction of sp³-hybridized carbons (Fsp3) is 0.941. The first-order valence-electron chi connectivity index (χ1n) is 8.48. The number of aliphatic hydroxyl groups is 2. The topological polar surface area (TPSA) is 85.2 Å². The van der Waals surface area contributed by atoms with Gasteiger partial charge in [0.25, 0.3) is 0 Å². The van der Waals surface area contributed by atoms with E-state index in [2.05, 4.69) is 0 Å². The van der Waals surface area contributed by atoms with Gasteiger partial charge in [0.2, 0.25) is 0 Å². The molecule has 0 aromatic carbocycles. The monoisotopic (exact) mass is 330 g/mol. The molecule has 23 heavy (non-hydrogen) atoms. The van der Waals surface area contributed by atoms with Gasteiger partial charge in [-0.2, -0.15) is 0 Å². The molecule has 6 heteroatoms. The molecule has 0 aliphatic carbocycles. The number of carbonyl (C=O) groups is 1. The summed E-state index contributed by atoms with van der Waals surface area (Å²) < 4.78 is 17.3. The van der Waals surface area contributed by atoms with Crippen molar-refractivity contribution in [1.29, 1.82) is 0 Å². The summed E-state index contributed by atoms with van der Waals surface area (Å²) in [4.78, 5) is 10.9. The van der Waals surface area contributed by atoms with Gasteiger partial charge >= 0.3 is 5.97 Å². The van der Waals surface area contributed by atoms with E-state index >= 15 is 0 Å². The van der Waals surface area contributed by atoms with Crippen LogP contribution in [-0.4, -0.2) is 58.9 Å². The molecule has 0 aromatic heterocycles. The van der Waals surface area contributed by atoms with E-state index in [4.69, 9.17) is 14.2 Å². The zero-order valence-electron chi connectivity index (χ0n) is 14.6. The Bertz CT molecular complexity index is 427. The Morgan fingerprint density at radius 3 is 2.61 bits per heavy atom. The highest BCUT2D eigenvalue weighted by Crippen LogP contribution is 2.45. The molecule has 6 atom stereocenters. The van der Waals surface area contributed by atoms with Crippen LogP contribution in [0, 0.1) is 5.92 Å². The van der Waals surface area contributed by atoms with E-state index in [0.29, 0.717) is 6.42 Å². The lowest BCUT2D eigenvalue weighted by Crippen LogP contribution is -2.46. The second-order valence-corrected chi connectivity index (χ2v) is 7.44. The van der Waals surface area contributed by atoms with Crippen molar-refractivity contribution in [3.63, 3.8) is 0 Å². The van der Waals surface area contributed by atoms with Gasteiger partial charge in [0, 0.05) is 19.4 Å². The van der Waals surface area contributed by atoms with Gasteiger partial charge in [-0.3, -0.25) is 4.79 Å². The van der Waals surface area contributed by atoms with E-state index in [-0.39, 0.29) is 31.3 Å². The normalized spacial score (nSPS) is 40.1. The average molecular weight is 330 g/mol. The molecule has 2 saturated heterocycles. The van der Waals surface area contributed by atoms with Crippen LogP contribution in [0.4, 0.5) is 0 Å². The Balaban J connectivity index is 1.95. The number of hydrogen-bond acceptors (Lipinski definition) is 6. The van der Waals surface area contributed by atoms with Gasteiger partial charge in [-0.1, -0.05) is 6.92 Å². The zero-order valence-corrected chi connectivity index (χ0v) is 14.6. The molecule has 2 fully saturated rings. The van der Waals surface area contributed by atoms with Gasteiger partial charge in [0.05, 0.1) is 23.4 Å². The molecule has 0 spiro atoms. The van der Waals surface area contributed by atoms with E-state index in [0.717, 1.165) is 19.3 Å². The molecule has 2 rings (SSSR count). The summed E-state index contributed by atoms with van der Waals surface area (Å²) in [6.45, 7) is 7.27. The summed E-state index contributed by atoms with van der Waals surface area (Å²) in [7, 11) is 0. The molecule has 2 heterocycles. The Morgan fingerprint density at radius 1 is 1.30 bits per heavy atom. The zero-order chi connectivity index (χ0) is 17.3. The third kappa shape index (κ3) is 4.05. The maximum Gasteiger partial charge on any atom is 0.302 e. The predicted octanol–water partition coefficient (Wildman–Crippen LogP) is 1.41. The summed E-state index contributed by atoms with van der Waals surface area (Å²) in [5.41, 5.74) is -1.12. The lowest BCUT2D eigenvalue weighted by atomic mass is 9.91. The molecule has 2 N–H and O–H groups in total. The highest BCUT2D eigenvalue weighted by molar-refractivity contribution is 5.65. The molecule has 0 aromatic rings. The van der Waals surface area contributed by atoms with Crippen LogP contribution in [0.5, 0.6) is 0 Å². The van der Waals surface area contributed by atoms with Crippen molar-refractivity contribution in [2.75, 3.05) is 13.2 Å². The SMILES string of the molecule is CC(=O)OC[C@@H](O)[C@]1(C)CC[C@H]([C@]2(C)CC[C@H](C(C)CO)O2)O1. The minimum atomic E-state index is -0.853. The van der Waals surface area contributed by atoms with Crippen LogP contribution in [0.3, 0.4) is 0 Å². The second-order valence-electron chi connectivity index (χ2n) is 7.44. The van der Waals surface area contributed by atoms with Crippen molar-refractivity contribution in [2.24, 2.45) is 5.92 Å². The highest BCUT2D eigenvalue weighted by Gasteiger charge is 2.52. The molecule has 1 unspecified atom stereocenters. The molecule has 0 saturated carbocycles. The lowest BCUT2D eigenvalue weighted by molar-refractivity contribution is -0.185. The van der Waals surface area contributed by atoms with Gasteiger partial charge in [0.1, 0.15) is 12.7 Å². The molecule has 0 amide bonds. The fourth-order valence-corrected chi connectivity index (χ4v) is 3.56. The van der Waals surface area contributed by atoms with E-state index in [1.165, 1.54) is 6.92 Å². The van der Waals surface area contributed by atoms with Crippen LogP contribution in [0.15, 0.2) is 0 Å². The standard InChI is InChI=1S/C17H30O6/c1-11(9-18)13-5-7-17(4,22-13)15-6-8-16(3,23-15)14(20)10-21-12(2)19/h11,13-15,18,20H,5-10H2,1-4H3/t11?,13-,14-,15-,16+,17+/m1/s1. The minimum Gasteiger partial charge on any atom is -0.463 e. The quantitative estimate of drug-likeness (QED) is 0.716. The minimum absolute atomic E-state index is 0.0476. The summed E-state index contributed by atoms with van der Waals surface area (Å²) in [6.07, 6.45) is 2.37. The first-order chi connectivity index (χ1) is 10.7. The van der Waals surface area contributed by atoms with Crippen molar-refractivity contribution in [3.8, 4) is 0 Å². The Morgan fingerprint density at radius 2 is 2.00 bits per heavy atom. The maximum absolute atomic E-state index is 10.9. The van der Waals surface area contributed by atoms with Crippen LogP contribution in [0.2, 0.25) is 0 Å². The Hall–Kier alpha value is -0.690. The summed E-state index contributed by atoms with van der Waals surface area (Å²) in [6, 6.07) is 0. The van der Waals surface area contributed by atoms with E-state index in [1.807, 2.05) is 20.8 Å². The maximum atomic E-state index is 10.9. The van der Waals surface area contributed by atoms with Crippen LogP contribution in [0.1, 0.15) is 53.4 Å².